The van der Waals surface area contributed by atoms with Crippen LogP contribution in [0, 0.1) is 12.7 Å². The number of fused-ring (bicyclic) bond motifs is 1. The number of anilines is 2. The van der Waals surface area contributed by atoms with Crippen LogP contribution in [0.5, 0.6) is 0 Å². The van der Waals surface area contributed by atoms with Crippen molar-refractivity contribution in [1.29, 1.82) is 0 Å². The lowest BCUT2D eigenvalue weighted by Crippen LogP contribution is -2.01. The van der Waals surface area contributed by atoms with Crippen molar-refractivity contribution in [3.8, 4) is 0 Å². The third kappa shape index (κ3) is 2.61. The lowest BCUT2D eigenvalue weighted by atomic mass is 10.1. The lowest BCUT2D eigenvalue weighted by molar-refractivity contribution is 0.0696. The first-order chi connectivity index (χ1) is 10.5. The van der Waals surface area contributed by atoms with E-state index in [1.807, 2.05) is 0 Å². The lowest BCUT2D eigenvalue weighted by Gasteiger charge is -2.11. The highest BCUT2D eigenvalue weighted by Gasteiger charge is 2.09. The van der Waals surface area contributed by atoms with Crippen LogP contribution in [-0.2, 0) is 0 Å². The number of hydrogen-bond donors (Lipinski definition) is 2. The number of benzene rings is 2. The molecule has 0 unspecified atom stereocenters. The van der Waals surface area contributed by atoms with Gasteiger partial charge in [0.2, 0.25) is 0 Å². The molecule has 0 fully saturated rings. The molecule has 5 heteroatoms. The first kappa shape index (κ1) is 14.0. The van der Waals surface area contributed by atoms with Crippen molar-refractivity contribution < 1.29 is 14.3 Å². The fourth-order valence-electron chi connectivity index (χ4n) is 2.31. The molecule has 1 aromatic heterocycles. The van der Waals surface area contributed by atoms with E-state index >= 15 is 0 Å². The Balaban J connectivity index is 2.05. The molecule has 0 spiro atoms. The molecule has 3 aromatic rings. The topological polar surface area (TPSA) is 62.2 Å². The van der Waals surface area contributed by atoms with Gasteiger partial charge in [-0.25, -0.2) is 9.18 Å². The average molecular weight is 296 g/mol. The van der Waals surface area contributed by atoms with Gasteiger partial charge < -0.3 is 10.4 Å². The smallest absolute Gasteiger partial charge is 0.336 e. The van der Waals surface area contributed by atoms with Crippen LogP contribution in [0.25, 0.3) is 10.9 Å². The Hall–Kier alpha value is -2.95. The van der Waals surface area contributed by atoms with Crippen LogP contribution < -0.4 is 5.32 Å². The number of aromatic carboxylic acids is 1. The van der Waals surface area contributed by atoms with E-state index in [-0.39, 0.29) is 11.4 Å². The maximum atomic E-state index is 13.4. The molecule has 4 nitrogen and oxygen atoms in total. The van der Waals surface area contributed by atoms with Crippen LogP contribution in [0.4, 0.5) is 15.8 Å². The van der Waals surface area contributed by atoms with E-state index in [9.17, 15) is 14.3 Å². The van der Waals surface area contributed by atoms with Crippen molar-refractivity contribution in [1.82, 2.24) is 4.98 Å². The van der Waals surface area contributed by atoms with Crippen LogP contribution >= 0.6 is 0 Å². The van der Waals surface area contributed by atoms with Gasteiger partial charge in [-0.3, -0.25) is 4.98 Å². The minimum Gasteiger partial charge on any atom is -0.478 e. The Kier molecular flexibility index (Phi) is 3.47. The molecule has 0 aliphatic rings. The van der Waals surface area contributed by atoms with Crippen LogP contribution in [0.3, 0.4) is 0 Å². The summed E-state index contributed by atoms with van der Waals surface area (Å²) in [5.74, 6) is -1.33. The highest BCUT2D eigenvalue weighted by molar-refractivity contribution is 5.94. The van der Waals surface area contributed by atoms with Gasteiger partial charge in [0, 0.05) is 23.0 Å². The van der Waals surface area contributed by atoms with Crippen molar-refractivity contribution in [2.45, 2.75) is 6.92 Å². The number of hydrogen-bond acceptors (Lipinski definition) is 3. The van der Waals surface area contributed by atoms with Gasteiger partial charge in [0.25, 0.3) is 0 Å². The molecule has 0 aliphatic heterocycles. The molecular weight excluding hydrogens is 283 g/mol. The average Bonchev–Trinajstić information content (AvgIpc) is 2.49. The van der Waals surface area contributed by atoms with Crippen molar-refractivity contribution in [3.05, 3.63) is 65.6 Å². The van der Waals surface area contributed by atoms with Gasteiger partial charge in [-0.15, -0.1) is 0 Å². The molecule has 0 radical (unpaired) electrons. The number of aromatic nitrogens is 1. The monoisotopic (exact) mass is 296 g/mol. The van der Waals surface area contributed by atoms with E-state index in [2.05, 4.69) is 10.3 Å². The summed E-state index contributed by atoms with van der Waals surface area (Å²) in [6, 6.07) is 11.2. The van der Waals surface area contributed by atoms with Gasteiger partial charge in [-0.1, -0.05) is 6.07 Å². The van der Waals surface area contributed by atoms with Crippen LogP contribution in [0.1, 0.15) is 15.9 Å². The third-order valence-corrected chi connectivity index (χ3v) is 3.45. The zero-order valence-corrected chi connectivity index (χ0v) is 11.8. The highest BCUT2D eigenvalue weighted by Crippen LogP contribution is 2.26. The molecule has 2 N–H and O–H groups in total. The van der Waals surface area contributed by atoms with Crippen LogP contribution in [-0.4, -0.2) is 16.1 Å². The predicted molar refractivity (Wildman–Crippen MR) is 83.1 cm³/mol. The first-order valence-electron chi connectivity index (χ1n) is 6.70. The second-order valence-electron chi connectivity index (χ2n) is 4.98. The number of nitrogens with zero attached hydrogens (tertiary/aromatic N) is 1. The molecule has 3 rings (SSSR count). The van der Waals surface area contributed by atoms with Gasteiger partial charge in [-0.05, 0) is 48.9 Å². The largest absolute Gasteiger partial charge is 0.478 e. The summed E-state index contributed by atoms with van der Waals surface area (Å²) in [6.07, 6.45) is 1.62. The minimum atomic E-state index is -0.980. The van der Waals surface area contributed by atoms with Gasteiger partial charge in [0.15, 0.2) is 0 Å². The molecule has 22 heavy (non-hydrogen) atoms. The van der Waals surface area contributed by atoms with E-state index in [1.54, 1.807) is 43.5 Å². The van der Waals surface area contributed by atoms with E-state index in [4.69, 9.17) is 0 Å². The van der Waals surface area contributed by atoms with Crippen molar-refractivity contribution in [3.63, 3.8) is 0 Å². The molecule has 110 valence electrons. The quantitative estimate of drug-likeness (QED) is 0.763. The molecular formula is C17H13FN2O2. The van der Waals surface area contributed by atoms with Crippen LogP contribution in [0.15, 0.2) is 48.7 Å². The SMILES string of the molecule is Cc1ccc(Nc2ccnc3ccc(F)cc23)cc1C(=O)O. The number of carboxylic acid groups (broad SMARTS) is 1. The van der Waals surface area contributed by atoms with E-state index in [1.165, 1.54) is 12.1 Å². The number of rotatable bonds is 3. The zero-order chi connectivity index (χ0) is 15.7. The second-order valence-corrected chi connectivity index (χ2v) is 4.98. The summed E-state index contributed by atoms with van der Waals surface area (Å²) in [6.45, 7) is 1.74. The van der Waals surface area contributed by atoms with Gasteiger partial charge in [0.05, 0.1) is 11.1 Å². The normalized spacial score (nSPS) is 10.6. The second kappa shape index (κ2) is 5.44. The van der Waals surface area contributed by atoms with Crippen molar-refractivity contribution in [2.75, 3.05) is 5.32 Å². The Morgan fingerprint density at radius 3 is 2.77 bits per heavy atom. The Morgan fingerprint density at radius 1 is 1.18 bits per heavy atom. The maximum Gasteiger partial charge on any atom is 0.336 e. The summed E-state index contributed by atoms with van der Waals surface area (Å²) in [5, 5.41) is 12.9. The van der Waals surface area contributed by atoms with E-state index in [0.717, 1.165) is 0 Å². The van der Waals surface area contributed by atoms with Crippen LogP contribution in [0.2, 0.25) is 0 Å². The van der Waals surface area contributed by atoms with Gasteiger partial charge >= 0.3 is 5.97 Å². The Labute approximate surface area is 126 Å². The number of halogens is 1. The fourth-order valence-corrected chi connectivity index (χ4v) is 2.31. The maximum absolute atomic E-state index is 13.4. The standard InChI is InChI=1S/C17H13FN2O2/c1-10-2-4-12(9-13(10)17(21)22)20-16-6-7-19-15-5-3-11(18)8-14(15)16/h2-9H,1H3,(H,19,20)(H,21,22). The van der Waals surface area contributed by atoms with Gasteiger partial charge in [-0.2, -0.15) is 0 Å². The Bertz CT molecular complexity index is 878. The molecule has 0 atom stereocenters. The summed E-state index contributed by atoms with van der Waals surface area (Å²) in [7, 11) is 0. The minimum absolute atomic E-state index is 0.231. The summed E-state index contributed by atoms with van der Waals surface area (Å²) in [4.78, 5) is 15.4. The highest BCUT2D eigenvalue weighted by atomic mass is 19.1. The summed E-state index contributed by atoms with van der Waals surface area (Å²) < 4.78 is 13.4. The number of carboxylic acids is 1. The molecule has 0 saturated carbocycles. The van der Waals surface area contributed by atoms with E-state index < -0.39 is 5.97 Å². The molecule has 0 amide bonds. The van der Waals surface area contributed by atoms with E-state index in [0.29, 0.717) is 27.8 Å². The molecule has 0 saturated heterocycles. The number of aryl methyl sites for hydroxylation is 1. The molecule has 0 bridgehead atoms. The van der Waals surface area contributed by atoms with Crippen molar-refractivity contribution >= 4 is 28.2 Å². The van der Waals surface area contributed by atoms with Crippen molar-refractivity contribution in [2.24, 2.45) is 0 Å². The molecule has 1 heterocycles. The fraction of sp³-hybridized carbons (Fsp3) is 0.0588. The zero-order valence-electron chi connectivity index (χ0n) is 11.8. The summed E-state index contributed by atoms with van der Waals surface area (Å²) >= 11 is 0. The number of carbonyl (C=O) groups is 1. The molecule has 2 aromatic carbocycles. The number of nitrogens with one attached hydrogen (secondary N) is 1. The summed E-state index contributed by atoms with van der Waals surface area (Å²) in [5.41, 5.74) is 2.87. The Morgan fingerprint density at radius 2 is 2.00 bits per heavy atom. The van der Waals surface area contributed by atoms with Gasteiger partial charge in [0.1, 0.15) is 5.82 Å². The molecule has 0 aliphatic carbocycles. The predicted octanol–water partition coefficient (Wildman–Crippen LogP) is 4.12. The number of pyridine rings is 1. The third-order valence-electron chi connectivity index (χ3n) is 3.45. The first-order valence-corrected chi connectivity index (χ1v) is 6.70.